The highest BCUT2D eigenvalue weighted by atomic mass is 16.1. The van der Waals surface area contributed by atoms with Crippen LogP contribution in [0.5, 0.6) is 0 Å². The van der Waals surface area contributed by atoms with Crippen LogP contribution in [0.4, 0.5) is 0 Å². The molecule has 0 fully saturated rings. The summed E-state index contributed by atoms with van der Waals surface area (Å²) >= 11 is 0. The largest absolute Gasteiger partial charge is 0.345 e. The van der Waals surface area contributed by atoms with Crippen LogP contribution in [0.3, 0.4) is 0 Å². The minimum Gasteiger partial charge on any atom is -0.345 e. The second-order valence-electron chi connectivity index (χ2n) is 4.26. The van der Waals surface area contributed by atoms with Gasteiger partial charge in [0.15, 0.2) is 0 Å². The van der Waals surface area contributed by atoms with Gasteiger partial charge in [-0.25, -0.2) is 0 Å². The van der Waals surface area contributed by atoms with Crippen molar-refractivity contribution in [3.63, 3.8) is 0 Å². The Kier molecular flexibility index (Phi) is 3.94. The molecule has 1 amide bonds. The van der Waals surface area contributed by atoms with E-state index in [0.29, 0.717) is 11.1 Å². The maximum Gasteiger partial charge on any atom is 0.253 e. The van der Waals surface area contributed by atoms with E-state index in [1.54, 1.807) is 24.3 Å². The molecule has 0 heterocycles. The molecule has 1 N–H and O–H groups in total. The molecular weight excluding hydrogens is 236 g/mol. The molecular formula is C16H14N2O. The molecule has 0 spiro atoms. The summed E-state index contributed by atoms with van der Waals surface area (Å²) in [5.41, 5.74) is 1.83. The van der Waals surface area contributed by atoms with Gasteiger partial charge in [0.25, 0.3) is 5.91 Å². The lowest BCUT2D eigenvalue weighted by atomic mass is 10.1. The number of nitriles is 1. The molecule has 0 radical (unpaired) electrons. The van der Waals surface area contributed by atoms with E-state index < -0.39 is 0 Å². The number of nitrogens with one attached hydrogen (secondary N) is 1. The van der Waals surface area contributed by atoms with Crippen LogP contribution in [-0.2, 0) is 0 Å². The van der Waals surface area contributed by atoms with Gasteiger partial charge in [-0.2, -0.15) is 5.26 Å². The molecule has 0 aliphatic carbocycles. The zero-order valence-corrected chi connectivity index (χ0v) is 10.6. The van der Waals surface area contributed by atoms with E-state index in [1.807, 2.05) is 43.3 Å². The molecule has 3 nitrogen and oxygen atoms in total. The number of carbonyl (C=O) groups is 1. The summed E-state index contributed by atoms with van der Waals surface area (Å²) in [6.45, 7) is 1.92. The minimum atomic E-state index is -0.228. The summed E-state index contributed by atoms with van der Waals surface area (Å²) in [7, 11) is 0. The van der Waals surface area contributed by atoms with Crippen LogP contribution in [0.1, 0.15) is 34.5 Å². The first-order chi connectivity index (χ1) is 9.22. The first-order valence-corrected chi connectivity index (χ1v) is 6.07. The van der Waals surface area contributed by atoms with Crippen LogP contribution in [0, 0.1) is 11.3 Å². The smallest absolute Gasteiger partial charge is 0.253 e. The molecule has 2 aromatic carbocycles. The fourth-order valence-corrected chi connectivity index (χ4v) is 1.88. The SMILES string of the molecule is CC(NC(=O)c1ccccc1C#N)c1ccccc1. The normalized spacial score (nSPS) is 11.4. The second kappa shape index (κ2) is 5.83. The van der Waals surface area contributed by atoms with Crippen LogP contribution in [0.25, 0.3) is 0 Å². The van der Waals surface area contributed by atoms with E-state index in [-0.39, 0.29) is 11.9 Å². The van der Waals surface area contributed by atoms with E-state index in [0.717, 1.165) is 5.56 Å². The second-order valence-corrected chi connectivity index (χ2v) is 4.26. The Hall–Kier alpha value is -2.60. The van der Waals surface area contributed by atoms with Crippen molar-refractivity contribution in [3.8, 4) is 6.07 Å². The van der Waals surface area contributed by atoms with Crippen molar-refractivity contribution in [3.05, 3.63) is 71.3 Å². The predicted octanol–water partition coefficient (Wildman–Crippen LogP) is 3.05. The van der Waals surface area contributed by atoms with E-state index in [9.17, 15) is 4.79 Å². The lowest BCUT2D eigenvalue weighted by molar-refractivity contribution is 0.0939. The summed E-state index contributed by atoms with van der Waals surface area (Å²) in [6.07, 6.45) is 0. The lowest BCUT2D eigenvalue weighted by Crippen LogP contribution is -2.27. The topological polar surface area (TPSA) is 52.9 Å². The van der Waals surface area contributed by atoms with Crippen molar-refractivity contribution in [2.45, 2.75) is 13.0 Å². The summed E-state index contributed by atoms with van der Waals surface area (Å²) in [5.74, 6) is -0.228. The third-order valence-electron chi connectivity index (χ3n) is 2.94. The third-order valence-corrected chi connectivity index (χ3v) is 2.94. The molecule has 1 atom stereocenters. The Labute approximate surface area is 112 Å². The maximum atomic E-state index is 12.1. The van der Waals surface area contributed by atoms with Gasteiger partial charge >= 0.3 is 0 Å². The lowest BCUT2D eigenvalue weighted by Gasteiger charge is -2.14. The molecule has 94 valence electrons. The Bertz CT molecular complexity index is 614. The molecule has 0 aliphatic rings. The highest BCUT2D eigenvalue weighted by Crippen LogP contribution is 2.13. The van der Waals surface area contributed by atoms with Gasteiger partial charge < -0.3 is 5.32 Å². The van der Waals surface area contributed by atoms with Crippen molar-refractivity contribution in [1.82, 2.24) is 5.32 Å². The van der Waals surface area contributed by atoms with Crippen molar-refractivity contribution >= 4 is 5.91 Å². The van der Waals surface area contributed by atoms with E-state index in [2.05, 4.69) is 5.32 Å². The molecule has 0 bridgehead atoms. The average Bonchev–Trinajstić information content (AvgIpc) is 2.48. The van der Waals surface area contributed by atoms with Gasteiger partial charge in [0, 0.05) is 0 Å². The number of rotatable bonds is 3. The highest BCUT2D eigenvalue weighted by molar-refractivity contribution is 5.96. The highest BCUT2D eigenvalue weighted by Gasteiger charge is 2.13. The van der Waals surface area contributed by atoms with Crippen LogP contribution >= 0.6 is 0 Å². The standard InChI is InChI=1S/C16H14N2O/c1-12(13-7-3-2-4-8-13)18-16(19)15-10-6-5-9-14(15)11-17/h2-10,12H,1H3,(H,18,19). The number of nitrogens with zero attached hydrogens (tertiary/aromatic N) is 1. The molecule has 19 heavy (non-hydrogen) atoms. The van der Waals surface area contributed by atoms with Gasteiger partial charge in [0.05, 0.1) is 23.2 Å². The summed E-state index contributed by atoms with van der Waals surface area (Å²) < 4.78 is 0. The van der Waals surface area contributed by atoms with Gasteiger partial charge in [0.1, 0.15) is 0 Å². The number of carbonyl (C=O) groups excluding carboxylic acids is 1. The molecule has 0 aromatic heterocycles. The quantitative estimate of drug-likeness (QED) is 0.910. The summed E-state index contributed by atoms with van der Waals surface area (Å²) in [6, 6.07) is 18.4. The number of hydrogen-bond acceptors (Lipinski definition) is 2. The van der Waals surface area contributed by atoms with Crippen molar-refractivity contribution in [2.75, 3.05) is 0 Å². The van der Waals surface area contributed by atoms with Gasteiger partial charge in [-0.1, -0.05) is 42.5 Å². The maximum absolute atomic E-state index is 12.1. The Morgan fingerprint density at radius 3 is 2.42 bits per heavy atom. The van der Waals surface area contributed by atoms with Crippen LogP contribution in [-0.4, -0.2) is 5.91 Å². The monoisotopic (exact) mass is 250 g/mol. The molecule has 2 rings (SSSR count). The van der Waals surface area contributed by atoms with Crippen LogP contribution in [0.15, 0.2) is 54.6 Å². The predicted molar refractivity (Wildman–Crippen MR) is 73.5 cm³/mol. The van der Waals surface area contributed by atoms with Gasteiger partial charge in [-0.3, -0.25) is 4.79 Å². The van der Waals surface area contributed by atoms with Crippen LogP contribution < -0.4 is 5.32 Å². The van der Waals surface area contributed by atoms with Crippen molar-refractivity contribution in [2.24, 2.45) is 0 Å². The van der Waals surface area contributed by atoms with Gasteiger partial charge in [0.2, 0.25) is 0 Å². The van der Waals surface area contributed by atoms with E-state index in [1.165, 1.54) is 0 Å². The Morgan fingerprint density at radius 2 is 1.74 bits per heavy atom. The Morgan fingerprint density at radius 1 is 1.11 bits per heavy atom. The molecule has 2 aromatic rings. The fourth-order valence-electron chi connectivity index (χ4n) is 1.88. The third kappa shape index (κ3) is 2.99. The number of benzene rings is 2. The molecule has 3 heteroatoms. The van der Waals surface area contributed by atoms with Crippen molar-refractivity contribution in [1.29, 1.82) is 5.26 Å². The van der Waals surface area contributed by atoms with Crippen LogP contribution in [0.2, 0.25) is 0 Å². The zero-order valence-electron chi connectivity index (χ0n) is 10.6. The zero-order chi connectivity index (χ0) is 13.7. The number of amides is 1. The van der Waals surface area contributed by atoms with E-state index in [4.69, 9.17) is 5.26 Å². The first-order valence-electron chi connectivity index (χ1n) is 6.07. The van der Waals surface area contributed by atoms with Gasteiger partial charge in [-0.05, 0) is 24.6 Å². The van der Waals surface area contributed by atoms with Gasteiger partial charge in [-0.15, -0.1) is 0 Å². The summed E-state index contributed by atoms with van der Waals surface area (Å²) in [5, 5.41) is 11.9. The molecule has 1 unspecified atom stereocenters. The van der Waals surface area contributed by atoms with E-state index >= 15 is 0 Å². The average molecular weight is 250 g/mol. The van der Waals surface area contributed by atoms with Crippen molar-refractivity contribution < 1.29 is 4.79 Å². The fraction of sp³-hybridized carbons (Fsp3) is 0.125. The minimum absolute atomic E-state index is 0.0968. The molecule has 0 saturated heterocycles. The summed E-state index contributed by atoms with van der Waals surface area (Å²) in [4.78, 5) is 12.1. The number of hydrogen-bond donors (Lipinski definition) is 1. The molecule has 0 aliphatic heterocycles. The first kappa shape index (κ1) is 12.8. The Balaban J connectivity index is 2.16. The molecule has 0 saturated carbocycles.